The lowest BCUT2D eigenvalue weighted by Crippen LogP contribution is -2.15. The van der Waals surface area contributed by atoms with E-state index in [-0.39, 0.29) is 5.95 Å². The molecule has 7 nitrogen and oxygen atoms in total. The van der Waals surface area contributed by atoms with E-state index in [1.807, 2.05) is 0 Å². The van der Waals surface area contributed by atoms with E-state index in [2.05, 4.69) is 25.4 Å². The summed E-state index contributed by atoms with van der Waals surface area (Å²) in [6, 6.07) is 0. The fraction of sp³-hybridized carbons (Fsp3) is 0.429. The van der Waals surface area contributed by atoms with Crippen LogP contribution in [0.15, 0.2) is 5.10 Å². The minimum absolute atomic E-state index is 0.280. The van der Waals surface area contributed by atoms with Gasteiger partial charge in [-0.05, 0) is 6.42 Å². The fourth-order valence-corrected chi connectivity index (χ4v) is 1.14. The molecule has 2 heterocycles. The average molecular weight is 195 g/mol. The molecule has 14 heavy (non-hydrogen) atoms. The third-order valence-electron chi connectivity index (χ3n) is 1.80. The van der Waals surface area contributed by atoms with Gasteiger partial charge in [-0.2, -0.15) is 9.78 Å². The number of carbonyl (C=O) groups is 1. The Kier molecular flexibility index (Phi) is 2.13. The van der Waals surface area contributed by atoms with Gasteiger partial charge in [-0.1, -0.05) is 0 Å². The molecule has 1 aromatic heterocycles. The highest BCUT2D eigenvalue weighted by molar-refractivity contribution is 5.82. The van der Waals surface area contributed by atoms with Crippen LogP contribution in [0.1, 0.15) is 12.2 Å². The van der Waals surface area contributed by atoms with Crippen molar-refractivity contribution in [3.05, 3.63) is 5.82 Å². The molecule has 1 aliphatic heterocycles. The number of methoxy groups -OCH3 is 1. The number of nitrogens with zero attached hydrogens (tertiary/aromatic N) is 4. The van der Waals surface area contributed by atoms with Crippen molar-refractivity contribution in [1.29, 1.82) is 0 Å². The fourth-order valence-electron chi connectivity index (χ4n) is 1.14. The molecule has 1 amide bonds. The average Bonchev–Trinajstić information content (AvgIpc) is 2.62. The molecule has 2 rings (SSSR count). The van der Waals surface area contributed by atoms with Gasteiger partial charge in [-0.3, -0.25) is 5.32 Å². The number of anilines is 1. The largest absolute Gasteiger partial charge is 0.453 e. The number of rotatable bonds is 1. The second-order valence-corrected chi connectivity index (χ2v) is 2.70. The van der Waals surface area contributed by atoms with E-state index in [0.717, 1.165) is 18.7 Å². The second-order valence-electron chi connectivity index (χ2n) is 2.70. The van der Waals surface area contributed by atoms with Gasteiger partial charge in [0.05, 0.1) is 7.11 Å². The van der Waals surface area contributed by atoms with Crippen molar-refractivity contribution in [2.24, 2.45) is 5.10 Å². The molecule has 0 spiro atoms. The molecule has 0 unspecified atom stereocenters. The van der Waals surface area contributed by atoms with Crippen molar-refractivity contribution in [2.75, 3.05) is 12.4 Å². The van der Waals surface area contributed by atoms with Crippen LogP contribution in [-0.2, 0) is 11.2 Å². The summed E-state index contributed by atoms with van der Waals surface area (Å²) in [7, 11) is 1.28. The van der Waals surface area contributed by atoms with E-state index in [1.54, 1.807) is 6.21 Å². The maximum absolute atomic E-state index is 10.9. The number of aromatic nitrogens is 3. The standard InChI is InChI=1S/C7H9N5O2/c1-14-7(13)9-6-11-10-5-3-2-4-8-12(5)6/h4H,2-3H2,1H3,(H,9,11,13). The molecule has 0 bridgehead atoms. The number of nitrogens with one attached hydrogen (secondary N) is 1. The van der Waals surface area contributed by atoms with E-state index in [1.165, 1.54) is 11.8 Å². The summed E-state index contributed by atoms with van der Waals surface area (Å²) >= 11 is 0. The van der Waals surface area contributed by atoms with Crippen LogP contribution in [0.2, 0.25) is 0 Å². The van der Waals surface area contributed by atoms with Gasteiger partial charge in [0.1, 0.15) is 0 Å². The molecule has 1 aliphatic rings. The number of ether oxygens (including phenoxy) is 1. The molecule has 1 aromatic rings. The summed E-state index contributed by atoms with van der Waals surface area (Å²) in [5, 5.41) is 14.1. The summed E-state index contributed by atoms with van der Waals surface area (Å²) in [5.74, 6) is 1.02. The van der Waals surface area contributed by atoms with Crippen molar-refractivity contribution < 1.29 is 9.53 Å². The quantitative estimate of drug-likeness (QED) is 0.695. The van der Waals surface area contributed by atoms with E-state index >= 15 is 0 Å². The lowest BCUT2D eigenvalue weighted by Gasteiger charge is -2.07. The smallest absolute Gasteiger partial charge is 0.413 e. The van der Waals surface area contributed by atoms with Gasteiger partial charge >= 0.3 is 6.09 Å². The van der Waals surface area contributed by atoms with E-state index < -0.39 is 6.09 Å². The van der Waals surface area contributed by atoms with Crippen molar-refractivity contribution >= 4 is 18.3 Å². The van der Waals surface area contributed by atoms with Crippen molar-refractivity contribution in [3.8, 4) is 0 Å². The molecule has 74 valence electrons. The molecule has 0 atom stereocenters. The second kappa shape index (κ2) is 3.44. The monoisotopic (exact) mass is 195 g/mol. The zero-order valence-corrected chi connectivity index (χ0v) is 7.60. The normalized spacial score (nSPS) is 13.5. The highest BCUT2D eigenvalue weighted by Crippen LogP contribution is 2.12. The Morgan fingerprint density at radius 2 is 2.50 bits per heavy atom. The Morgan fingerprint density at radius 3 is 3.29 bits per heavy atom. The van der Waals surface area contributed by atoms with Crippen LogP contribution in [0.3, 0.4) is 0 Å². The first-order valence-corrected chi connectivity index (χ1v) is 4.13. The number of amides is 1. The number of hydrogen-bond acceptors (Lipinski definition) is 5. The predicted molar refractivity (Wildman–Crippen MR) is 48.3 cm³/mol. The predicted octanol–water partition coefficient (Wildman–Crippen LogP) is 0.236. The Morgan fingerprint density at radius 1 is 1.64 bits per heavy atom. The van der Waals surface area contributed by atoms with Gasteiger partial charge in [0.15, 0.2) is 5.82 Å². The molecule has 0 saturated heterocycles. The Labute approximate surface area is 79.8 Å². The zero-order valence-electron chi connectivity index (χ0n) is 7.60. The maximum Gasteiger partial charge on any atom is 0.413 e. The first-order valence-electron chi connectivity index (χ1n) is 4.13. The van der Waals surface area contributed by atoms with Crippen molar-refractivity contribution in [3.63, 3.8) is 0 Å². The summed E-state index contributed by atoms with van der Waals surface area (Å²) in [6.07, 6.45) is 2.79. The molecular formula is C7H9N5O2. The zero-order chi connectivity index (χ0) is 9.97. The molecule has 7 heteroatoms. The molecule has 0 radical (unpaired) electrons. The molecule has 0 saturated carbocycles. The van der Waals surface area contributed by atoms with Crippen LogP contribution in [-0.4, -0.2) is 34.3 Å². The van der Waals surface area contributed by atoms with Crippen LogP contribution >= 0.6 is 0 Å². The SMILES string of the molecule is COC(=O)Nc1nnc2n1N=CCC2. The molecular weight excluding hydrogens is 186 g/mol. The Hall–Kier alpha value is -1.92. The van der Waals surface area contributed by atoms with Crippen molar-refractivity contribution in [1.82, 2.24) is 14.9 Å². The third-order valence-corrected chi connectivity index (χ3v) is 1.80. The van der Waals surface area contributed by atoms with E-state index in [0.29, 0.717) is 0 Å². The Bertz CT molecular complexity index is 383. The molecule has 0 fully saturated rings. The van der Waals surface area contributed by atoms with Gasteiger partial charge in [-0.15, -0.1) is 10.2 Å². The van der Waals surface area contributed by atoms with Gasteiger partial charge in [0.2, 0.25) is 0 Å². The van der Waals surface area contributed by atoms with Crippen LogP contribution in [0, 0.1) is 0 Å². The summed E-state index contributed by atoms with van der Waals surface area (Å²) < 4.78 is 5.92. The van der Waals surface area contributed by atoms with Crippen molar-refractivity contribution in [2.45, 2.75) is 12.8 Å². The number of fused-ring (bicyclic) bond motifs is 1. The lowest BCUT2D eigenvalue weighted by atomic mass is 10.3. The third kappa shape index (κ3) is 1.43. The van der Waals surface area contributed by atoms with Gasteiger partial charge < -0.3 is 4.74 Å². The first-order chi connectivity index (χ1) is 6.81. The summed E-state index contributed by atoms with van der Waals surface area (Å²) in [6.45, 7) is 0. The number of aryl methyl sites for hydroxylation is 1. The van der Waals surface area contributed by atoms with Gasteiger partial charge in [0, 0.05) is 12.6 Å². The number of carbonyl (C=O) groups excluding carboxylic acids is 1. The summed E-state index contributed by atoms with van der Waals surface area (Å²) in [4.78, 5) is 10.9. The lowest BCUT2D eigenvalue weighted by molar-refractivity contribution is 0.186. The first kappa shape index (κ1) is 8.67. The van der Waals surface area contributed by atoms with Crippen LogP contribution in [0.25, 0.3) is 0 Å². The molecule has 0 aromatic carbocycles. The highest BCUT2D eigenvalue weighted by atomic mass is 16.5. The minimum atomic E-state index is -0.582. The van der Waals surface area contributed by atoms with Crippen LogP contribution < -0.4 is 5.32 Å². The highest BCUT2D eigenvalue weighted by Gasteiger charge is 2.15. The topological polar surface area (TPSA) is 81.4 Å². The van der Waals surface area contributed by atoms with E-state index in [9.17, 15) is 4.79 Å². The van der Waals surface area contributed by atoms with Gasteiger partial charge in [-0.25, -0.2) is 4.79 Å². The van der Waals surface area contributed by atoms with E-state index in [4.69, 9.17) is 0 Å². The Balaban J connectivity index is 2.24. The van der Waals surface area contributed by atoms with Crippen LogP contribution in [0.4, 0.5) is 10.7 Å². The summed E-state index contributed by atoms with van der Waals surface area (Å²) in [5.41, 5.74) is 0. The minimum Gasteiger partial charge on any atom is -0.453 e. The molecule has 1 N–H and O–H groups in total. The van der Waals surface area contributed by atoms with Gasteiger partial charge in [0.25, 0.3) is 5.95 Å². The maximum atomic E-state index is 10.9. The molecule has 0 aliphatic carbocycles. The van der Waals surface area contributed by atoms with Crippen LogP contribution in [0.5, 0.6) is 0 Å². The number of hydrogen-bond donors (Lipinski definition) is 1.